The average molecular weight is 208 g/mol. The second kappa shape index (κ2) is 1.82. The first-order valence-corrected chi connectivity index (χ1v) is 5.12. The van der Waals surface area contributed by atoms with Crippen molar-refractivity contribution in [2.45, 2.75) is 0 Å². The number of hydrazine groups is 1. The van der Waals surface area contributed by atoms with E-state index in [2.05, 4.69) is 5.84 Å². The Morgan fingerprint density at radius 3 is 1.83 bits per heavy atom. The molecular formula is H4N2O3Te. The zero-order chi connectivity index (χ0) is 5.21. The Labute approximate surface area is 38.6 Å². The Morgan fingerprint density at radius 2 is 1.83 bits per heavy atom. The SMILES string of the molecule is NN[Te](=O)(=O)O. The fourth-order valence-corrected chi connectivity index (χ4v) is 0. The van der Waals surface area contributed by atoms with E-state index in [0.717, 1.165) is 0 Å². The molecule has 0 saturated carbocycles. The van der Waals surface area contributed by atoms with Crippen LogP contribution >= 0.6 is 0 Å². The van der Waals surface area contributed by atoms with Crippen molar-refractivity contribution in [3.8, 4) is 0 Å². The van der Waals surface area contributed by atoms with Crippen molar-refractivity contribution in [3.63, 3.8) is 0 Å². The van der Waals surface area contributed by atoms with Crippen molar-refractivity contribution in [2.24, 2.45) is 5.84 Å². The van der Waals surface area contributed by atoms with E-state index in [1.807, 2.05) is 0 Å². The molecule has 6 heavy (non-hydrogen) atoms. The summed E-state index contributed by atoms with van der Waals surface area (Å²) >= 11 is -5.03. The first kappa shape index (κ1) is 6.27. The predicted molar refractivity (Wildman–Crippen MR) is 16.7 cm³/mol. The van der Waals surface area contributed by atoms with E-state index in [1.54, 1.807) is 0 Å². The van der Waals surface area contributed by atoms with E-state index in [4.69, 9.17) is 3.47 Å². The summed E-state index contributed by atoms with van der Waals surface area (Å²) in [5, 5.41) is 0. The second-order valence-electron chi connectivity index (χ2n) is 0.593. The topological polar surface area (TPSA) is 92.4 Å². The molecule has 0 aromatic heterocycles. The van der Waals surface area contributed by atoms with Crippen LogP contribution in [0.3, 0.4) is 0 Å². The van der Waals surface area contributed by atoms with Gasteiger partial charge in [0.05, 0.1) is 0 Å². The molecule has 38 valence electrons. The molecule has 0 aliphatic rings. The van der Waals surface area contributed by atoms with Gasteiger partial charge < -0.3 is 0 Å². The molecule has 0 heterocycles. The Bertz CT molecular complexity index is 111. The number of hydrogen-bond donors (Lipinski definition) is 3. The third kappa shape index (κ3) is 4.27. The maximum atomic E-state index is 9.43. The number of nitrogens with one attached hydrogen (secondary N) is 1. The van der Waals surface area contributed by atoms with Crippen LogP contribution in [0.25, 0.3) is 0 Å². The fraction of sp³-hybridized carbons (Fsp3) is 0. The van der Waals surface area contributed by atoms with Crippen LogP contribution in [0.2, 0.25) is 0 Å². The molecular weight excluding hydrogens is 204 g/mol. The van der Waals surface area contributed by atoms with Crippen molar-refractivity contribution >= 4 is 18.8 Å². The van der Waals surface area contributed by atoms with E-state index in [9.17, 15) is 6.21 Å². The van der Waals surface area contributed by atoms with E-state index < -0.39 is 18.8 Å². The summed E-state index contributed by atoms with van der Waals surface area (Å²) in [6, 6.07) is 0. The number of hydrogen-bond acceptors (Lipinski definition) is 3. The third-order valence-corrected chi connectivity index (χ3v) is 0.999. The monoisotopic (exact) mass is 210 g/mol. The Hall–Kier alpha value is 0.270. The maximum absolute atomic E-state index is 9.43. The Balaban J connectivity index is 3.85. The molecule has 6 heteroatoms. The third-order valence-electron chi connectivity index (χ3n) is 0.149. The van der Waals surface area contributed by atoms with Gasteiger partial charge in [0.15, 0.2) is 0 Å². The van der Waals surface area contributed by atoms with Crippen LogP contribution in [-0.2, 0) is 6.21 Å². The molecule has 0 aromatic carbocycles. The van der Waals surface area contributed by atoms with Gasteiger partial charge in [0.1, 0.15) is 0 Å². The quantitative estimate of drug-likeness (QED) is 0.256. The Morgan fingerprint density at radius 1 is 1.67 bits per heavy atom. The van der Waals surface area contributed by atoms with Crippen LogP contribution < -0.4 is 9.52 Å². The summed E-state index contributed by atoms with van der Waals surface area (Å²) in [6.07, 6.45) is 0. The van der Waals surface area contributed by atoms with E-state index in [1.165, 1.54) is 3.68 Å². The number of nitrogens with two attached hydrogens (primary N) is 1. The van der Waals surface area contributed by atoms with Gasteiger partial charge in [0.25, 0.3) is 0 Å². The molecule has 5 nitrogen and oxygen atoms in total. The van der Waals surface area contributed by atoms with Gasteiger partial charge in [-0.1, -0.05) is 0 Å². The summed E-state index contributed by atoms with van der Waals surface area (Å²) in [5.74, 6) is 4.26. The molecule has 4 N–H and O–H groups in total. The minimum absolute atomic E-state index is 1.24. The van der Waals surface area contributed by atoms with Gasteiger partial charge in [0.2, 0.25) is 0 Å². The normalized spacial score (nSPS) is 11.7. The van der Waals surface area contributed by atoms with Crippen LogP contribution in [0.5, 0.6) is 0 Å². The molecule has 0 saturated heterocycles. The molecule has 0 aliphatic carbocycles. The van der Waals surface area contributed by atoms with Gasteiger partial charge in [-0.2, -0.15) is 0 Å². The fourth-order valence-electron chi connectivity index (χ4n) is 0. The van der Waals surface area contributed by atoms with Crippen molar-refractivity contribution in [2.75, 3.05) is 0 Å². The molecule has 0 radical (unpaired) electrons. The molecule has 0 aliphatic heterocycles. The summed E-state index contributed by atoms with van der Waals surface area (Å²) < 4.78 is 27.8. The summed E-state index contributed by atoms with van der Waals surface area (Å²) in [5.41, 5.74) is 0. The number of rotatable bonds is 1. The average Bonchev–Trinajstić information content (AvgIpc) is 1.35. The summed E-state index contributed by atoms with van der Waals surface area (Å²) in [7, 11) is 0. The van der Waals surface area contributed by atoms with Crippen LogP contribution in [0.1, 0.15) is 0 Å². The molecule has 0 unspecified atom stereocenters. The molecule has 0 aromatic rings. The van der Waals surface area contributed by atoms with Gasteiger partial charge in [-0.3, -0.25) is 0 Å². The molecule has 0 amide bonds. The Kier molecular flexibility index (Phi) is 1.90. The minimum atomic E-state index is -5.03. The predicted octanol–water partition coefficient (Wildman–Crippen LogP) is -2.26. The first-order chi connectivity index (χ1) is 2.56. The summed E-state index contributed by atoms with van der Waals surface area (Å²) in [6.45, 7) is 0. The van der Waals surface area contributed by atoms with Crippen molar-refractivity contribution < 1.29 is 9.68 Å². The van der Waals surface area contributed by atoms with E-state index in [-0.39, 0.29) is 0 Å². The molecule has 0 bridgehead atoms. The molecule has 0 atom stereocenters. The van der Waals surface area contributed by atoms with Crippen LogP contribution in [0.15, 0.2) is 0 Å². The van der Waals surface area contributed by atoms with E-state index >= 15 is 0 Å². The zero-order valence-corrected chi connectivity index (χ0v) is 5.08. The van der Waals surface area contributed by atoms with Gasteiger partial charge in [-0.25, -0.2) is 0 Å². The molecule has 0 spiro atoms. The van der Waals surface area contributed by atoms with Crippen LogP contribution in [-0.4, -0.2) is 22.3 Å². The zero-order valence-electron chi connectivity index (χ0n) is 2.75. The summed E-state index contributed by atoms with van der Waals surface area (Å²) in [4.78, 5) is 0. The van der Waals surface area contributed by atoms with Gasteiger partial charge in [-0.05, 0) is 0 Å². The van der Waals surface area contributed by atoms with Gasteiger partial charge >= 0.3 is 38.0 Å². The second-order valence-corrected chi connectivity index (χ2v) is 3.98. The van der Waals surface area contributed by atoms with Crippen LogP contribution in [0, 0.1) is 0 Å². The van der Waals surface area contributed by atoms with Crippen molar-refractivity contribution in [3.05, 3.63) is 0 Å². The first-order valence-electron chi connectivity index (χ1n) is 1.01. The van der Waals surface area contributed by atoms with Gasteiger partial charge in [-0.15, -0.1) is 0 Å². The van der Waals surface area contributed by atoms with E-state index in [0.29, 0.717) is 0 Å². The molecule has 0 rings (SSSR count). The van der Waals surface area contributed by atoms with Crippen LogP contribution in [0.4, 0.5) is 0 Å². The van der Waals surface area contributed by atoms with Crippen molar-refractivity contribution in [1.82, 2.24) is 3.68 Å². The standard InChI is InChI=1S/H4N2O3Te/c1-2-6(3,4)5/h2H,1H2,(H,3,4,5). The molecule has 0 fully saturated rings. The van der Waals surface area contributed by atoms with Crippen molar-refractivity contribution in [1.29, 1.82) is 0 Å². The van der Waals surface area contributed by atoms with Gasteiger partial charge in [0, 0.05) is 0 Å².